The highest BCUT2D eigenvalue weighted by molar-refractivity contribution is 9.10. The molecule has 0 amide bonds. The van der Waals surface area contributed by atoms with Crippen LogP contribution >= 0.6 is 27.5 Å². The van der Waals surface area contributed by atoms with Gasteiger partial charge in [-0.2, -0.15) is 18.2 Å². The van der Waals surface area contributed by atoms with Crippen LogP contribution in [0.4, 0.5) is 24.7 Å². The third-order valence-corrected chi connectivity index (χ3v) is 3.28. The van der Waals surface area contributed by atoms with Crippen molar-refractivity contribution in [2.45, 2.75) is 13.1 Å². The van der Waals surface area contributed by atoms with Crippen molar-refractivity contribution in [3.8, 4) is 0 Å². The maximum Gasteiger partial charge on any atom is 0.416 e. The van der Waals surface area contributed by atoms with E-state index in [0.717, 1.165) is 6.07 Å². The zero-order chi connectivity index (χ0) is 14.9. The number of alkyl halides is 3. The van der Waals surface area contributed by atoms with Crippen LogP contribution in [0.25, 0.3) is 0 Å². The summed E-state index contributed by atoms with van der Waals surface area (Å²) in [5.74, 6) is 0.293. The zero-order valence-electron chi connectivity index (χ0n) is 10.1. The molecule has 0 saturated carbocycles. The second-order valence-electron chi connectivity index (χ2n) is 3.99. The van der Waals surface area contributed by atoms with E-state index in [4.69, 9.17) is 11.6 Å². The van der Waals surface area contributed by atoms with E-state index in [1.165, 1.54) is 25.3 Å². The van der Waals surface area contributed by atoms with Crippen LogP contribution in [0.15, 0.2) is 28.9 Å². The zero-order valence-corrected chi connectivity index (χ0v) is 12.4. The van der Waals surface area contributed by atoms with E-state index in [-0.39, 0.29) is 16.5 Å². The maximum absolute atomic E-state index is 12.8. The lowest BCUT2D eigenvalue weighted by atomic mass is 10.1. The molecule has 20 heavy (non-hydrogen) atoms. The van der Waals surface area contributed by atoms with Crippen LogP contribution in [-0.2, 0) is 6.18 Å². The summed E-state index contributed by atoms with van der Waals surface area (Å²) in [5.41, 5.74) is -0.278. The molecule has 0 fully saturated rings. The normalized spacial score (nSPS) is 11.5. The van der Waals surface area contributed by atoms with Crippen LogP contribution in [0.2, 0.25) is 5.28 Å². The summed E-state index contributed by atoms with van der Waals surface area (Å²) in [7, 11) is 0. The van der Waals surface area contributed by atoms with E-state index in [9.17, 15) is 13.2 Å². The van der Waals surface area contributed by atoms with Gasteiger partial charge in [0.25, 0.3) is 0 Å². The Morgan fingerprint density at radius 1 is 1.30 bits per heavy atom. The maximum atomic E-state index is 12.8. The van der Waals surface area contributed by atoms with E-state index in [0.29, 0.717) is 10.3 Å². The molecule has 2 rings (SSSR count). The SMILES string of the molecule is Cc1ccc(Nc2nc(Cl)ncc2Br)cc1C(F)(F)F. The fourth-order valence-corrected chi connectivity index (χ4v) is 2.00. The predicted molar refractivity (Wildman–Crippen MR) is 74.2 cm³/mol. The third kappa shape index (κ3) is 3.40. The predicted octanol–water partition coefficient (Wildman–Crippen LogP) is 4.96. The summed E-state index contributed by atoms with van der Waals surface area (Å²) < 4.78 is 39.0. The van der Waals surface area contributed by atoms with Crippen molar-refractivity contribution in [2.75, 3.05) is 5.32 Å². The number of hydrogen-bond acceptors (Lipinski definition) is 3. The monoisotopic (exact) mass is 365 g/mol. The molecular formula is C12H8BrClF3N3. The summed E-state index contributed by atoms with van der Waals surface area (Å²) >= 11 is 8.84. The number of anilines is 2. The molecule has 0 saturated heterocycles. The molecule has 0 unspecified atom stereocenters. The molecule has 0 spiro atoms. The van der Waals surface area contributed by atoms with Crippen molar-refractivity contribution in [1.29, 1.82) is 0 Å². The molecule has 0 atom stereocenters. The second-order valence-corrected chi connectivity index (χ2v) is 5.18. The number of halogens is 5. The molecule has 0 bridgehead atoms. The van der Waals surface area contributed by atoms with Crippen molar-refractivity contribution >= 4 is 39.0 Å². The van der Waals surface area contributed by atoms with Crippen LogP contribution in [0, 0.1) is 6.92 Å². The minimum absolute atomic E-state index is 0.00106. The van der Waals surface area contributed by atoms with Crippen molar-refractivity contribution in [2.24, 2.45) is 0 Å². The number of rotatable bonds is 2. The van der Waals surface area contributed by atoms with Gasteiger partial charge in [0.2, 0.25) is 5.28 Å². The molecular weight excluding hydrogens is 359 g/mol. The second kappa shape index (κ2) is 5.57. The first-order valence-corrected chi connectivity index (χ1v) is 6.57. The lowest BCUT2D eigenvalue weighted by Crippen LogP contribution is -2.08. The Morgan fingerprint density at radius 3 is 2.65 bits per heavy atom. The Hall–Kier alpha value is -1.34. The Morgan fingerprint density at radius 2 is 2.00 bits per heavy atom. The Labute approximate surface area is 126 Å². The number of aryl methyl sites for hydroxylation is 1. The van der Waals surface area contributed by atoms with Crippen LogP contribution in [0.3, 0.4) is 0 Å². The highest BCUT2D eigenvalue weighted by Crippen LogP contribution is 2.34. The fraction of sp³-hybridized carbons (Fsp3) is 0.167. The average Bonchev–Trinajstić information content (AvgIpc) is 2.35. The lowest BCUT2D eigenvalue weighted by molar-refractivity contribution is -0.138. The Bertz CT molecular complexity index is 646. The van der Waals surface area contributed by atoms with Gasteiger partial charge in [0.1, 0.15) is 5.82 Å². The third-order valence-electron chi connectivity index (χ3n) is 2.52. The van der Waals surface area contributed by atoms with E-state index in [1.807, 2.05) is 0 Å². The number of nitrogens with zero attached hydrogens (tertiary/aromatic N) is 2. The van der Waals surface area contributed by atoms with Gasteiger partial charge in [0.05, 0.1) is 10.0 Å². The van der Waals surface area contributed by atoms with Crippen molar-refractivity contribution in [3.63, 3.8) is 0 Å². The molecule has 0 aliphatic carbocycles. The molecule has 3 nitrogen and oxygen atoms in total. The summed E-state index contributed by atoms with van der Waals surface area (Å²) in [5, 5.41) is 2.77. The van der Waals surface area contributed by atoms with Crippen LogP contribution in [-0.4, -0.2) is 9.97 Å². The van der Waals surface area contributed by atoms with Gasteiger partial charge in [-0.05, 0) is 52.2 Å². The van der Waals surface area contributed by atoms with Gasteiger partial charge >= 0.3 is 6.18 Å². The molecule has 0 radical (unpaired) electrons. The number of nitrogens with one attached hydrogen (secondary N) is 1. The average molecular weight is 367 g/mol. The van der Waals surface area contributed by atoms with Gasteiger partial charge in [0, 0.05) is 11.9 Å². The first-order valence-electron chi connectivity index (χ1n) is 5.40. The molecule has 1 aromatic heterocycles. The Balaban J connectivity index is 2.37. The lowest BCUT2D eigenvalue weighted by Gasteiger charge is -2.13. The highest BCUT2D eigenvalue weighted by Gasteiger charge is 2.32. The number of aromatic nitrogens is 2. The van der Waals surface area contributed by atoms with E-state index in [1.54, 1.807) is 0 Å². The number of benzene rings is 1. The number of hydrogen-bond donors (Lipinski definition) is 1. The van der Waals surface area contributed by atoms with Crippen LogP contribution < -0.4 is 5.32 Å². The van der Waals surface area contributed by atoms with Crippen molar-refractivity contribution < 1.29 is 13.2 Å². The van der Waals surface area contributed by atoms with Crippen molar-refractivity contribution in [1.82, 2.24) is 9.97 Å². The quantitative estimate of drug-likeness (QED) is 0.763. The first kappa shape index (κ1) is 15.1. The first-order chi connectivity index (χ1) is 9.27. The van der Waals surface area contributed by atoms with E-state index >= 15 is 0 Å². The molecule has 106 valence electrons. The molecule has 0 aliphatic rings. The van der Waals surface area contributed by atoms with Gasteiger partial charge in [-0.3, -0.25) is 0 Å². The van der Waals surface area contributed by atoms with Gasteiger partial charge in [0.15, 0.2) is 0 Å². The highest BCUT2D eigenvalue weighted by atomic mass is 79.9. The van der Waals surface area contributed by atoms with Crippen molar-refractivity contribution in [3.05, 3.63) is 45.3 Å². The molecule has 0 aliphatic heterocycles. The largest absolute Gasteiger partial charge is 0.416 e. The van der Waals surface area contributed by atoms with Gasteiger partial charge in [-0.15, -0.1) is 0 Å². The van der Waals surface area contributed by atoms with Crippen LogP contribution in [0.5, 0.6) is 0 Å². The molecule has 2 aromatic rings. The fourth-order valence-electron chi connectivity index (χ4n) is 1.58. The molecule has 8 heteroatoms. The Kier molecular flexibility index (Phi) is 4.19. The minimum atomic E-state index is -4.40. The van der Waals surface area contributed by atoms with E-state index in [2.05, 4.69) is 31.2 Å². The van der Waals surface area contributed by atoms with Gasteiger partial charge < -0.3 is 5.32 Å². The molecule has 1 aromatic carbocycles. The summed E-state index contributed by atoms with van der Waals surface area (Å²) in [6, 6.07) is 3.95. The summed E-state index contributed by atoms with van der Waals surface area (Å²) in [4.78, 5) is 7.64. The molecule has 1 N–H and O–H groups in total. The summed E-state index contributed by atoms with van der Waals surface area (Å²) in [6.07, 6.45) is -2.99. The molecule has 1 heterocycles. The van der Waals surface area contributed by atoms with Gasteiger partial charge in [-0.1, -0.05) is 6.07 Å². The smallest absolute Gasteiger partial charge is 0.339 e. The minimum Gasteiger partial charge on any atom is -0.339 e. The van der Waals surface area contributed by atoms with Crippen LogP contribution in [0.1, 0.15) is 11.1 Å². The van der Waals surface area contributed by atoms with E-state index < -0.39 is 11.7 Å². The van der Waals surface area contributed by atoms with Gasteiger partial charge in [-0.25, -0.2) is 4.98 Å². The topological polar surface area (TPSA) is 37.8 Å². The summed E-state index contributed by atoms with van der Waals surface area (Å²) in [6.45, 7) is 1.41. The standard InChI is InChI=1S/C12H8BrClF3N3/c1-6-2-3-7(4-8(6)12(15,16)17)19-10-9(13)5-18-11(14)20-10/h2-5H,1H3,(H,18,19,20).